The van der Waals surface area contributed by atoms with Crippen LogP contribution >= 0.6 is 0 Å². The molecule has 0 saturated carbocycles. The van der Waals surface area contributed by atoms with E-state index in [1.165, 1.54) is 0 Å². The van der Waals surface area contributed by atoms with Crippen LogP contribution in [0.5, 0.6) is 0 Å². The maximum Gasteiger partial charge on any atom is 0.244 e. The number of aliphatic hydroxyl groups is 1. The predicted molar refractivity (Wildman–Crippen MR) is 83.3 cm³/mol. The highest BCUT2D eigenvalue weighted by Gasteiger charge is 2.36. The zero-order valence-electron chi connectivity index (χ0n) is 12.9. The normalized spacial score (nSPS) is 21.2. The average molecular weight is 324 g/mol. The number of likely N-dealkylation sites (tertiary alicyclic amines) is 1. The van der Waals surface area contributed by atoms with Crippen molar-refractivity contribution in [3.8, 4) is 11.5 Å². The Hall–Kier alpha value is -2.71. The summed E-state index contributed by atoms with van der Waals surface area (Å²) in [6.07, 6.45) is 8.46. The third-order valence-electron chi connectivity index (χ3n) is 4.01. The molecule has 3 aromatic heterocycles. The lowest BCUT2D eigenvalue weighted by Crippen LogP contribution is -2.24. The maximum absolute atomic E-state index is 10.1. The van der Waals surface area contributed by atoms with Gasteiger partial charge in [-0.2, -0.15) is 4.98 Å². The second-order valence-electron chi connectivity index (χ2n) is 5.74. The van der Waals surface area contributed by atoms with Gasteiger partial charge in [-0.15, -0.1) is 0 Å². The van der Waals surface area contributed by atoms with E-state index in [0.717, 1.165) is 5.56 Å². The van der Waals surface area contributed by atoms with E-state index in [2.05, 4.69) is 30.0 Å². The topological polar surface area (TPSA) is 101 Å². The number of pyridine rings is 1. The Balaban J connectivity index is 1.57. The molecule has 1 aliphatic heterocycles. The summed E-state index contributed by atoms with van der Waals surface area (Å²) < 4.78 is 5.42. The van der Waals surface area contributed by atoms with E-state index in [1.807, 2.05) is 18.3 Å². The van der Waals surface area contributed by atoms with Crippen molar-refractivity contribution in [2.45, 2.75) is 25.1 Å². The van der Waals surface area contributed by atoms with Gasteiger partial charge >= 0.3 is 0 Å². The number of hydrogen-bond donors (Lipinski definition) is 1. The van der Waals surface area contributed by atoms with Gasteiger partial charge in [0.15, 0.2) is 0 Å². The fraction of sp³-hybridized carbons (Fsp3) is 0.312. The van der Waals surface area contributed by atoms with E-state index in [4.69, 9.17) is 4.52 Å². The highest BCUT2D eigenvalue weighted by Crippen LogP contribution is 2.33. The molecule has 2 atom stereocenters. The van der Waals surface area contributed by atoms with Gasteiger partial charge in [-0.3, -0.25) is 14.9 Å². The molecule has 4 heterocycles. The molecule has 1 N–H and O–H groups in total. The molecule has 3 aromatic rings. The Morgan fingerprint density at radius 1 is 1.21 bits per heavy atom. The van der Waals surface area contributed by atoms with Crippen LogP contribution in [0.4, 0.5) is 0 Å². The number of aliphatic hydroxyl groups excluding tert-OH is 1. The Bertz CT molecular complexity index is 795. The molecule has 4 rings (SSSR count). The zero-order chi connectivity index (χ0) is 16.4. The molecule has 122 valence electrons. The Kier molecular flexibility index (Phi) is 3.97. The molecule has 0 bridgehead atoms. The first-order valence-electron chi connectivity index (χ1n) is 7.70. The van der Waals surface area contributed by atoms with Crippen LogP contribution < -0.4 is 0 Å². The van der Waals surface area contributed by atoms with Gasteiger partial charge in [0.25, 0.3) is 0 Å². The van der Waals surface area contributed by atoms with Crippen LogP contribution in [0.15, 0.2) is 47.6 Å². The van der Waals surface area contributed by atoms with Crippen LogP contribution in [0.25, 0.3) is 11.5 Å². The average Bonchev–Trinajstić information content (AvgIpc) is 3.23. The fourth-order valence-electron chi connectivity index (χ4n) is 2.93. The second-order valence-corrected chi connectivity index (χ2v) is 5.74. The van der Waals surface area contributed by atoms with Crippen LogP contribution in [0.3, 0.4) is 0 Å². The molecule has 1 fully saturated rings. The highest BCUT2D eigenvalue weighted by atomic mass is 16.5. The molecule has 8 heteroatoms. The minimum Gasteiger partial charge on any atom is -0.392 e. The molecule has 0 amide bonds. The third-order valence-corrected chi connectivity index (χ3v) is 4.01. The number of nitrogens with zero attached hydrogens (tertiary/aromatic N) is 6. The minimum atomic E-state index is -0.418. The van der Waals surface area contributed by atoms with E-state index in [1.54, 1.807) is 24.8 Å². The quantitative estimate of drug-likeness (QED) is 0.764. The number of hydrogen-bond acceptors (Lipinski definition) is 8. The van der Waals surface area contributed by atoms with Gasteiger partial charge in [-0.25, -0.2) is 4.98 Å². The van der Waals surface area contributed by atoms with Crippen molar-refractivity contribution in [3.63, 3.8) is 0 Å². The summed E-state index contributed by atoms with van der Waals surface area (Å²) in [5.41, 5.74) is 1.63. The van der Waals surface area contributed by atoms with Gasteiger partial charge in [0.05, 0.1) is 18.3 Å². The first-order chi connectivity index (χ1) is 11.8. The molecule has 0 aromatic carbocycles. The van der Waals surface area contributed by atoms with Crippen molar-refractivity contribution >= 4 is 0 Å². The third kappa shape index (κ3) is 3.01. The van der Waals surface area contributed by atoms with Gasteiger partial charge in [0.2, 0.25) is 11.7 Å². The van der Waals surface area contributed by atoms with E-state index < -0.39 is 6.10 Å². The molecule has 8 nitrogen and oxygen atoms in total. The van der Waals surface area contributed by atoms with Crippen LogP contribution in [-0.4, -0.2) is 47.7 Å². The molecule has 0 unspecified atom stereocenters. The molecule has 1 aliphatic rings. The maximum atomic E-state index is 10.1. The van der Waals surface area contributed by atoms with Gasteiger partial charge in [0, 0.05) is 37.9 Å². The summed E-state index contributed by atoms with van der Waals surface area (Å²) in [4.78, 5) is 18.9. The van der Waals surface area contributed by atoms with E-state index in [0.29, 0.717) is 36.9 Å². The lowest BCUT2D eigenvalue weighted by molar-refractivity contribution is 0.169. The number of aromatic nitrogens is 5. The Morgan fingerprint density at radius 3 is 2.92 bits per heavy atom. The van der Waals surface area contributed by atoms with Crippen LogP contribution in [0, 0.1) is 0 Å². The summed E-state index contributed by atoms with van der Waals surface area (Å²) in [5, 5.41) is 14.1. The van der Waals surface area contributed by atoms with E-state index >= 15 is 0 Å². The molecule has 0 aliphatic carbocycles. The number of β-amino-alcohol motifs (C(OH)–C–C–N with tert-alkyl or cyclic N) is 1. The Labute approximate surface area is 138 Å². The van der Waals surface area contributed by atoms with Crippen molar-refractivity contribution in [2.24, 2.45) is 0 Å². The molecule has 0 radical (unpaired) electrons. The van der Waals surface area contributed by atoms with Crippen LogP contribution in [0.2, 0.25) is 0 Å². The first-order valence-corrected chi connectivity index (χ1v) is 7.70. The summed E-state index contributed by atoms with van der Waals surface area (Å²) in [5.74, 6) is 0.886. The molecule has 0 spiro atoms. The van der Waals surface area contributed by atoms with Crippen molar-refractivity contribution in [1.82, 2.24) is 30.0 Å². The summed E-state index contributed by atoms with van der Waals surface area (Å²) >= 11 is 0. The fourth-order valence-corrected chi connectivity index (χ4v) is 2.93. The second kappa shape index (κ2) is 6.42. The number of rotatable bonds is 4. The largest absolute Gasteiger partial charge is 0.392 e. The monoisotopic (exact) mass is 324 g/mol. The van der Waals surface area contributed by atoms with Crippen LogP contribution in [-0.2, 0) is 6.54 Å². The van der Waals surface area contributed by atoms with Crippen molar-refractivity contribution in [3.05, 3.63) is 54.6 Å². The SMILES string of the molecule is O[C@@H]1C[C@@H](c2nc(-c3cnccn3)no2)N(Cc2cccnc2)C1. The molecule has 24 heavy (non-hydrogen) atoms. The summed E-state index contributed by atoms with van der Waals surface area (Å²) in [6.45, 7) is 1.22. The molecular formula is C16H16N6O2. The lowest BCUT2D eigenvalue weighted by Gasteiger charge is -2.20. The zero-order valence-corrected chi connectivity index (χ0v) is 12.9. The molecule has 1 saturated heterocycles. The Morgan fingerprint density at radius 2 is 2.12 bits per heavy atom. The van der Waals surface area contributed by atoms with Crippen LogP contribution in [0.1, 0.15) is 23.9 Å². The molecular weight excluding hydrogens is 308 g/mol. The highest BCUT2D eigenvalue weighted by molar-refractivity contribution is 5.45. The first kappa shape index (κ1) is 14.9. The van der Waals surface area contributed by atoms with Gasteiger partial charge in [-0.1, -0.05) is 11.2 Å². The van der Waals surface area contributed by atoms with E-state index in [9.17, 15) is 5.11 Å². The van der Waals surface area contributed by atoms with E-state index in [-0.39, 0.29) is 6.04 Å². The summed E-state index contributed by atoms with van der Waals surface area (Å²) in [7, 11) is 0. The van der Waals surface area contributed by atoms with Gasteiger partial charge in [0.1, 0.15) is 5.69 Å². The lowest BCUT2D eigenvalue weighted by atomic mass is 10.2. The standard InChI is InChI=1S/C16H16N6O2/c23-12-6-14(22(10-12)9-11-2-1-3-17-7-11)16-20-15(21-24-16)13-8-18-4-5-19-13/h1-5,7-8,12,14,23H,6,9-10H2/t12-,14+/m1/s1. The van der Waals surface area contributed by atoms with Crippen molar-refractivity contribution in [1.29, 1.82) is 0 Å². The predicted octanol–water partition coefficient (Wildman–Crippen LogP) is 1.23. The van der Waals surface area contributed by atoms with Crippen molar-refractivity contribution in [2.75, 3.05) is 6.54 Å². The minimum absolute atomic E-state index is 0.127. The van der Waals surface area contributed by atoms with Crippen molar-refractivity contribution < 1.29 is 9.63 Å². The van der Waals surface area contributed by atoms with Gasteiger partial charge in [-0.05, 0) is 18.1 Å². The smallest absolute Gasteiger partial charge is 0.244 e. The summed E-state index contributed by atoms with van der Waals surface area (Å²) in [6, 6.07) is 3.78. The van der Waals surface area contributed by atoms with Gasteiger partial charge < -0.3 is 9.63 Å².